The van der Waals surface area contributed by atoms with Crippen LogP contribution < -0.4 is 0 Å². The van der Waals surface area contributed by atoms with Gasteiger partial charge in [-0.2, -0.15) is 0 Å². The van der Waals surface area contributed by atoms with Crippen molar-refractivity contribution in [1.82, 2.24) is 4.90 Å². The lowest BCUT2D eigenvalue weighted by Crippen LogP contribution is -2.36. The Morgan fingerprint density at radius 3 is 2.23 bits per heavy atom. The molecule has 0 amide bonds. The van der Waals surface area contributed by atoms with Crippen molar-refractivity contribution in [3.63, 3.8) is 0 Å². The first kappa shape index (κ1) is 19.6. The van der Waals surface area contributed by atoms with Crippen LogP contribution in [0.1, 0.15) is 46.6 Å². The fourth-order valence-corrected chi connectivity index (χ4v) is 4.65. The fourth-order valence-electron chi connectivity index (χ4n) is 3.55. The third-order valence-corrected chi connectivity index (χ3v) is 6.43. The molecule has 2 heterocycles. The Bertz CT molecular complexity index is 628. The van der Waals surface area contributed by atoms with Gasteiger partial charge in [0.15, 0.2) is 0 Å². The van der Waals surface area contributed by atoms with Crippen molar-refractivity contribution in [1.29, 1.82) is 0 Å². The molecule has 0 atom stereocenters. The smallest absolute Gasteiger partial charge is 0.0594 e. The standard InChI is InChI=1S/C23H33NOS/c1-20-9-11-21(12-10-20)6-5-8-23-14-13-22(26-23)7-3-2-4-15-24-16-18-25-19-17-24/h9-14H,2-8,15-19H2,1H3. The lowest BCUT2D eigenvalue weighted by molar-refractivity contribution is 0.0371. The predicted molar refractivity (Wildman–Crippen MR) is 112 cm³/mol. The van der Waals surface area contributed by atoms with Crippen molar-refractivity contribution in [2.45, 2.75) is 51.9 Å². The molecule has 1 aliphatic heterocycles. The van der Waals surface area contributed by atoms with E-state index in [-0.39, 0.29) is 0 Å². The van der Waals surface area contributed by atoms with Crippen LogP contribution in [0.25, 0.3) is 0 Å². The van der Waals surface area contributed by atoms with Gasteiger partial charge in [0.25, 0.3) is 0 Å². The molecule has 0 spiro atoms. The molecule has 1 aliphatic rings. The van der Waals surface area contributed by atoms with Crippen LogP contribution in [0.5, 0.6) is 0 Å². The summed E-state index contributed by atoms with van der Waals surface area (Å²) in [7, 11) is 0. The summed E-state index contributed by atoms with van der Waals surface area (Å²) in [6.45, 7) is 7.48. The van der Waals surface area contributed by atoms with E-state index in [1.54, 1.807) is 9.75 Å². The van der Waals surface area contributed by atoms with E-state index in [4.69, 9.17) is 4.74 Å². The first-order valence-electron chi connectivity index (χ1n) is 10.2. The van der Waals surface area contributed by atoms with E-state index in [0.717, 1.165) is 26.3 Å². The number of aryl methyl sites for hydroxylation is 4. The molecule has 1 saturated heterocycles. The van der Waals surface area contributed by atoms with Crippen LogP contribution in [0.2, 0.25) is 0 Å². The van der Waals surface area contributed by atoms with Crippen LogP contribution in [-0.2, 0) is 24.0 Å². The quantitative estimate of drug-likeness (QED) is 0.527. The highest BCUT2D eigenvalue weighted by Crippen LogP contribution is 2.21. The topological polar surface area (TPSA) is 12.5 Å². The van der Waals surface area contributed by atoms with Gasteiger partial charge in [-0.05, 0) is 69.7 Å². The van der Waals surface area contributed by atoms with Gasteiger partial charge in [-0.3, -0.25) is 4.90 Å². The summed E-state index contributed by atoms with van der Waals surface area (Å²) in [5.41, 5.74) is 2.81. The van der Waals surface area contributed by atoms with Gasteiger partial charge in [0, 0.05) is 22.8 Å². The van der Waals surface area contributed by atoms with Crippen LogP contribution in [0.15, 0.2) is 36.4 Å². The molecule has 1 aromatic heterocycles. The molecule has 0 saturated carbocycles. The molecule has 1 fully saturated rings. The maximum absolute atomic E-state index is 5.40. The maximum atomic E-state index is 5.40. The number of morpholine rings is 1. The zero-order valence-electron chi connectivity index (χ0n) is 16.2. The van der Waals surface area contributed by atoms with Gasteiger partial charge < -0.3 is 4.74 Å². The molecule has 0 aliphatic carbocycles. The van der Waals surface area contributed by atoms with E-state index >= 15 is 0 Å². The SMILES string of the molecule is Cc1ccc(CCCc2ccc(CCCCCN3CCOCC3)s2)cc1. The lowest BCUT2D eigenvalue weighted by atomic mass is 10.1. The summed E-state index contributed by atoms with van der Waals surface area (Å²) in [6, 6.07) is 13.7. The Morgan fingerprint density at radius 2 is 1.50 bits per heavy atom. The monoisotopic (exact) mass is 371 g/mol. The van der Waals surface area contributed by atoms with Crippen LogP contribution in [0.3, 0.4) is 0 Å². The largest absolute Gasteiger partial charge is 0.379 e. The Kier molecular flexibility index (Phi) is 8.19. The second-order valence-electron chi connectivity index (χ2n) is 7.47. The van der Waals surface area contributed by atoms with Crippen LogP contribution in [0.4, 0.5) is 0 Å². The minimum Gasteiger partial charge on any atom is -0.379 e. The second-order valence-corrected chi connectivity index (χ2v) is 8.72. The molecule has 26 heavy (non-hydrogen) atoms. The molecule has 2 nitrogen and oxygen atoms in total. The predicted octanol–water partition coefficient (Wildman–Crippen LogP) is 5.28. The molecule has 0 radical (unpaired) electrons. The zero-order valence-corrected chi connectivity index (χ0v) is 17.0. The molecule has 3 heteroatoms. The average Bonchev–Trinajstić information content (AvgIpc) is 3.12. The maximum Gasteiger partial charge on any atom is 0.0594 e. The molecule has 0 unspecified atom stereocenters. The second kappa shape index (κ2) is 10.9. The van der Waals surface area contributed by atoms with Crippen molar-refractivity contribution in [3.05, 3.63) is 57.3 Å². The van der Waals surface area contributed by atoms with Crippen LogP contribution >= 0.6 is 11.3 Å². The molecule has 1 aromatic carbocycles. The minimum atomic E-state index is 0.919. The molecule has 3 rings (SSSR count). The van der Waals surface area contributed by atoms with E-state index in [1.807, 2.05) is 11.3 Å². The Morgan fingerprint density at radius 1 is 0.808 bits per heavy atom. The normalized spacial score (nSPS) is 15.4. The molecular weight excluding hydrogens is 338 g/mol. The Balaban J connectivity index is 1.27. The summed E-state index contributed by atoms with van der Waals surface area (Å²) in [6.07, 6.45) is 8.92. The minimum absolute atomic E-state index is 0.919. The van der Waals surface area contributed by atoms with Gasteiger partial charge >= 0.3 is 0 Å². The van der Waals surface area contributed by atoms with E-state index < -0.39 is 0 Å². The number of benzene rings is 1. The third-order valence-electron chi connectivity index (χ3n) is 5.23. The first-order chi connectivity index (χ1) is 12.8. The van der Waals surface area contributed by atoms with E-state index in [1.165, 1.54) is 62.6 Å². The number of rotatable bonds is 10. The molecule has 0 N–H and O–H groups in total. The number of hydrogen-bond donors (Lipinski definition) is 0. The molecular formula is C23H33NOS. The van der Waals surface area contributed by atoms with Crippen molar-refractivity contribution in [2.24, 2.45) is 0 Å². The number of thiophene rings is 1. The van der Waals surface area contributed by atoms with Gasteiger partial charge in [0.05, 0.1) is 13.2 Å². The van der Waals surface area contributed by atoms with Crippen LogP contribution in [0, 0.1) is 6.92 Å². The summed E-state index contributed by atoms with van der Waals surface area (Å²) in [4.78, 5) is 5.67. The Labute approximate surface area is 163 Å². The third kappa shape index (κ3) is 6.86. The van der Waals surface area contributed by atoms with Gasteiger partial charge in [0.2, 0.25) is 0 Å². The van der Waals surface area contributed by atoms with E-state index in [2.05, 4.69) is 48.2 Å². The van der Waals surface area contributed by atoms with Crippen LogP contribution in [-0.4, -0.2) is 37.7 Å². The highest BCUT2D eigenvalue weighted by atomic mass is 32.1. The highest BCUT2D eigenvalue weighted by molar-refractivity contribution is 7.11. The number of unbranched alkanes of at least 4 members (excludes halogenated alkanes) is 2. The molecule has 142 valence electrons. The van der Waals surface area contributed by atoms with E-state index in [0.29, 0.717) is 0 Å². The first-order valence-corrected chi connectivity index (χ1v) is 11.0. The van der Waals surface area contributed by atoms with Crippen molar-refractivity contribution in [3.8, 4) is 0 Å². The van der Waals surface area contributed by atoms with E-state index in [9.17, 15) is 0 Å². The lowest BCUT2D eigenvalue weighted by Gasteiger charge is -2.26. The zero-order chi connectivity index (χ0) is 18.0. The summed E-state index contributed by atoms with van der Waals surface area (Å²) in [5, 5.41) is 0. The van der Waals surface area contributed by atoms with Crippen molar-refractivity contribution < 1.29 is 4.74 Å². The fraction of sp³-hybridized carbons (Fsp3) is 0.565. The average molecular weight is 372 g/mol. The summed E-state index contributed by atoms with van der Waals surface area (Å²) < 4.78 is 5.40. The highest BCUT2D eigenvalue weighted by Gasteiger charge is 2.09. The summed E-state index contributed by atoms with van der Waals surface area (Å²) >= 11 is 2.03. The van der Waals surface area contributed by atoms with Gasteiger partial charge in [-0.15, -0.1) is 11.3 Å². The number of nitrogens with zero attached hydrogens (tertiary/aromatic N) is 1. The van der Waals surface area contributed by atoms with Crippen molar-refractivity contribution >= 4 is 11.3 Å². The Hall–Kier alpha value is -1.16. The van der Waals surface area contributed by atoms with Crippen molar-refractivity contribution in [2.75, 3.05) is 32.8 Å². The molecule has 2 aromatic rings. The number of ether oxygens (including phenoxy) is 1. The number of hydrogen-bond acceptors (Lipinski definition) is 3. The summed E-state index contributed by atoms with van der Waals surface area (Å²) in [5.74, 6) is 0. The molecule has 0 bridgehead atoms. The van der Waals surface area contributed by atoms with Gasteiger partial charge in [0.1, 0.15) is 0 Å². The van der Waals surface area contributed by atoms with Gasteiger partial charge in [-0.25, -0.2) is 0 Å². The van der Waals surface area contributed by atoms with Gasteiger partial charge in [-0.1, -0.05) is 36.2 Å².